The monoisotopic (exact) mass is 605 g/mol. The lowest BCUT2D eigenvalue weighted by Crippen LogP contribution is -2.41. The summed E-state index contributed by atoms with van der Waals surface area (Å²) in [5, 5.41) is 12.4. The highest BCUT2D eigenvalue weighted by Gasteiger charge is 2.43. The third kappa shape index (κ3) is 6.72. The molecule has 0 bridgehead atoms. The van der Waals surface area contributed by atoms with Crippen LogP contribution in [-0.4, -0.2) is 29.8 Å². The van der Waals surface area contributed by atoms with E-state index in [1.807, 2.05) is 30.3 Å². The van der Waals surface area contributed by atoms with Crippen LogP contribution in [0.1, 0.15) is 34.6 Å². The fourth-order valence-electron chi connectivity index (χ4n) is 5.07. The molecule has 0 fully saturated rings. The number of hydrogen-bond acceptors (Lipinski definition) is 6. The first-order valence-electron chi connectivity index (χ1n) is 13.8. The van der Waals surface area contributed by atoms with Crippen LogP contribution in [-0.2, 0) is 22.7 Å². The highest BCUT2D eigenvalue weighted by molar-refractivity contribution is 5.97. The number of nitrogen functional groups attached to an aromatic ring is 1. The Labute approximate surface area is 251 Å². The Kier molecular flexibility index (Phi) is 8.66. The van der Waals surface area contributed by atoms with Gasteiger partial charge in [-0.2, -0.15) is 13.2 Å². The SMILES string of the molecule is Cc1c(CN(C(=O)C(F)(F)F)c2ccc3c(c2)OC[C@H]3CC(=O)O)cccc1Nc1cccc(OCc2ccccc2)c1N. The van der Waals surface area contributed by atoms with Crippen molar-refractivity contribution in [1.82, 2.24) is 0 Å². The topological polar surface area (TPSA) is 114 Å². The number of carbonyl (C=O) groups is 2. The second-order valence-electron chi connectivity index (χ2n) is 10.4. The van der Waals surface area contributed by atoms with Crippen LogP contribution < -0.4 is 25.4 Å². The number of hydrogen-bond donors (Lipinski definition) is 3. The van der Waals surface area contributed by atoms with Gasteiger partial charge in [0, 0.05) is 28.9 Å². The van der Waals surface area contributed by atoms with Crippen LogP contribution in [0.25, 0.3) is 0 Å². The van der Waals surface area contributed by atoms with Crippen molar-refractivity contribution in [3.63, 3.8) is 0 Å². The molecule has 4 aromatic carbocycles. The molecule has 5 rings (SSSR count). The lowest BCUT2D eigenvalue weighted by Gasteiger charge is -2.26. The van der Waals surface area contributed by atoms with Crippen molar-refractivity contribution in [1.29, 1.82) is 0 Å². The van der Waals surface area contributed by atoms with Crippen molar-refractivity contribution in [3.05, 3.63) is 107 Å². The summed E-state index contributed by atoms with van der Waals surface area (Å²) in [5.74, 6) is -2.75. The first-order valence-corrected chi connectivity index (χ1v) is 13.8. The molecule has 1 amide bonds. The molecule has 1 aliphatic rings. The fourth-order valence-corrected chi connectivity index (χ4v) is 5.07. The number of carboxylic acids is 1. The molecule has 4 N–H and O–H groups in total. The van der Waals surface area contributed by atoms with Crippen LogP contribution in [0.4, 0.5) is 35.9 Å². The van der Waals surface area contributed by atoms with Gasteiger partial charge in [-0.15, -0.1) is 0 Å². The summed E-state index contributed by atoms with van der Waals surface area (Å²) in [7, 11) is 0. The maximum Gasteiger partial charge on any atom is 0.471 e. The molecule has 4 aromatic rings. The molecule has 44 heavy (non-hydrogen) atoms. The van der Waals surface area contributed by atoms with E-state index in [2.05, 4.69) is 5.32 Å². The Morgan fingerprint density at radius 2 is 1.75 bits per heavy atom. The number of benzene rings is 4. The van der Waals surface area contributed by atoms with Gasteiger partial charge in [-0.05, 0) is 47.9 Å². The fraction of sp³-hybridized carbons (Fsp3) is 0.212. The number of halogens is 3. The standard InChI is InChI=1S/C33H30F3N3O5/c1-20-22(9-5-10-26(20)38-27-11-6-12-28(31(27)37)43-18-21-7-3-2-4-8-21)17-39(32(42)33(34,35)36)24-13-14-25-23(15-30(40)41)19-44-29(25)16-24/h2-14,16,23,38H,15,17-19,37H2,1H3,(H,40,41)/t23-/m1/s1. The zero-order valence-electron chi connectivity index (χ0n) is 23.7. The van der Waals surface area contributed by atoms with Crippen molar-refractivity contribution >= 4 is 34.6 Å². The quantitative estimate of drug-likeness (QED) is 0.168. The molecule has 228 valence electrons. The van der Waals surface area contributed by atoms with Gasteiger partial charge in [-0.3, -0.25) is 9.59 Å². The third-order valence-corrected chi connectivity index (χ3v) is 7.44. The second kappa shape index (κ2) is 12.6. The Morgan fingerprint density at radius 3 is 2.48 bits per heavy atom. The number of nitrogens with zero attached hydrogens (tertiary/aromatic N) is 1. The van der Waals surface area contributed by atoms with Crippen LogP contribution in [0, 0.1) is 6.92 Å². The van der Waals surface area contributed by atoms with E-state index in [0.717, 1.165) is 5.56 Å². The molecule has 0 spiro atoms. The average Bonchev–Trinajstić information content (AvgIpc) is 3.38. The van der Waals surface area contributed by atoms with Gasteiger partial charge in [0.25, 0.3) is 0 Å². The Hall–Kier alpha value is -5.19. The van der Waals surface area contributed by atoms with E-state index in [-0.39, 0.29) is 31.0 Å². The smallest absolute Gasteiger partial charge is 0.471 e. The minimum absolute atomic E-state index is 0.0210. The summed E-state index contributed by atoms with van der Waals surface area (Å²) in [6.07, 6.45) is -5.31. The summed E-state index contributed by atoms with van der Waals surface area (Å²) in [6, 6.07) is 24.2. The number of amides is 1. The van der Waals surface area contributed by atoms with E-state index < -0.39 is 24.0 Å². The summed E-state index contributed by atoms with van der Waals surface area (Å²) < 4.78 is 52.8. The number of anilines is 4. The number of nitrogens with one attached hydrogen (secondary N) is 1. The van der Waals surface area contributed by atoms with Gasteiger partial charge >= 0.3 is 18.1 Å². The van der Waals surface area contributed by atoms with Gasteiger partial charge in [0.2, 0.25) is 0 Å². The largest absolute Gasteiger partial charge is 0.493 e. The number of fused-ring (bicyclic) bond motifs is 1. The van der Waals surface area contributed by atoms with Crippen LogP contribution >= 0.6 is 0 Å². The van der Waals surface area contributed by atoms with Crippen LogP contribution in [0.3, 0.4) is 0 Å². The van der Waals surface area contributed by atoms with Crippen LogP contribution in [0.5, 0.6) is 11.5 Å². The van der Waals surface area contributed by atoms with Crippen molar-refractivity contribution < 1.29 is 37.3 Å². The lowest BCUT2D eigenvalue weighted by atomic mass is 9.97. The summed E-state index contributed by atoms with van der Waals surface area (Å²) >= 11 is 0. The number of alkyl halides is 3. The Balaban J connectivity index is 1.39. The predicted molar refractivity (Wildman–Crippen MR) is 160 cm³/mol. The average molecular weight is 606 g/mol. The molecule has 1 aliphatic heterocycles. The van der Waals surface area contributed by atoms with Crippen molar-refractivity contribution in [2.75, 3.05) is 22.6 Å². The van der Waals surface area contributed by atoms with E-state index >= 15 is 0 Å². The predicted octanol–water partition coefficient (Wildman–Crippen LogP) is 6.95. The molecule has 8 nitrogen and oxygen atoms in total. The van der Waals surface area contributed by atoms with Crippen molar-refractivity contribution in [2.45, 2.75) is 38.6 Å². The number of nitrogens with two attached hydrogens (primary N) is 1. The lowest BCUT2D eigenvalue weighted by molar-refractivity contribution is -0.170. The first kappa shape index (κ1) is 30.3. The number of ether oxygens (including phenoxy) is 2. The van der Waals surface area contributed by atoms with E-state index in [4.69, 9.17) is 20.3 Å². The van der Waals surface area contributed by atoms with E-state index in [1.165, 1.54) is 18.2 Å². The molecule has 11 heteroatoms. The normalized spacial score (nSPS) is 14.0. The molecule has 0 aromatic heterocycles. The van der Waals surface area contributed by atoms with Gasteiger partial charge in [-0.1, -0.05) is 54.6 Å². The van der Waals surface area contributed by atoms with Gasteiger partial charge in [0.1, 0.15) is 18.1 Å². The summed E-state index contributed by atoms with van der Waals surface area (Å²) in [5.41, 5.74) is 10.5. The molecule has 0 saturated heterocycles. The van der Waals surface area contributed by atoms with Crippen LogP contribution in [0.2, 0.25) is 0 Å². The molecule has 1 heterocycles. The third-order valence-electron chi connectivity index (χ3n) is 7.44. The number of rotatable bonds is 10. The Bertz CT molecular complexity index is 1680. The number of carboxylic acid groups (broad SMARTS) is 1. The van der Waals surface area contributed by atoms with Crippen LogP contribution in [0.15, 0.2) is 84.9 Å². The van der Waals surface area contributed by atoms with Gasteiger partial charge in [0.05, 0.1) is 30.9 Å². The van der Waals surface area contributed by atoms with E-state index in [0.29, 0.717) is 51.0 Å². The minimum atomic E-state index is -5.13. The minimum Gasteiger partial charge on any atom is -0.493 e. The molecule has 0 radical (unpaired) electrons. The summed E-state index contributed by atoms with van der Waals surface area (Å²) in [6.45, 7) is 1.77. The van der Waals surface area contributed by atoms with Crippen molar-refractivity contribution in [2.24, 2.45) is 0 Å². The first-order chi connectivity index (χ1) is 21.0. The molecular weight excluding hydrogens is 575 g/mol. The maximum absolute atomic E-state index is 13.8. The van der Waals surface area contributed by atoms with Gasteiger partial charge in [-0.25, -0.2) is 0 Å². The summed E-state index contributed by atoms with van der Waals surface area (Å²) in [4.78, 5) is 24.5. The molecule has 1 atom stereocenters. The highest BCUT2D eigenvalue weighted by Crippen LogP contribution is 2.40. The second-order valence-corrected chi connectivity index (χ2v) is 10.4. The zero-order chi connectivity index (χ0) is 31.4. The Morgan fingerprint density at radius 1 is 1.02 bits per heavy atom. The van der Waals surface area contributed by atoms with E-state index in [9.17, 15) is 22.8 Å². The number of para-hydroxylation sites is 1. The van der Waals surface area contributed by atoms with E-state index in [1.54, 1.807) is 43.3 Å². The van der Waals surface area contributed by atoms with Gasteiger partial charge < -0.3 is 30.5 Å². The zero-order valence-corrected chi connectivity index (χ0v) is 23.7. The highest BCUT2D eigenvalue weighted by atomic mass is 19.4. The molecular formula is C33H30F3N3O5. The molecule has 0 unspecified atom stereocenters. The number of carbonyl (C=O) groups excluding carboxylic acids is 1. The van der Waals surface area contributed by atoms with Gasteiger partial charge in [0.15, 0.2) is 0 Å². The molecule has 0 saturated carbocycles. The van der Waals surface area contributed by atoms with Crippen molar-refractivity contribution in [3.8, 4) is 11.5 Å². The maximum atomic E-state index is 13.8. The molecule has 0 aliphatic carbocycles. The number of aliphatic carboxylic acids is 1.